The Morgan fingerprint density at radius 3 is 2.38 bits per heavy atom. The first kappa shape index (κ1) is 21.4. The Morgan fingerprint density at radius 2 is 1.72 bits per heavy atom. The van der Waals surface area contributed by atoms with Crippen LogP contribution in [0.5, 0.6) is 5.88 Å². The monoisotopic (exact) mass is 464 g/mol. The van der Waals surface area contributed by atoms with E-state index in [2.05, 4.69) is 4.98 Å². The number of aromatic nitrogens is 3. The van der Waals surface area contributed by atoms with Crippen molar-refractivity contribution in [2.24, 2.45) is 0 Å². The first-order chi connectivity index (χ1) is 15.0. The number of para-hydroxylation sites is 1. The third-order valence-corrected chi connectivity index (χ3v) is 6.40. The third-order valence-electron chi connectivity index (χ3n) is 4.90. The summed E-state index contributed by atoms with van der Waals surface area (Å²) in [6.07, 6.45) is 2.61. The van der Waals surface area contributed by atoms with E-state index >= 15 is 0 Å². The first-order valence-electron chi connectivity index (χ1n) is 9.06. The first-order valence-corrected chi connectivity index (χ1v) is 10.5. The number of nitrogens with two attached hydrogens (primary N) is 1. The van der Waals surface area contributed by atoms with Gasteiger partial charge < -0.3 is 10.8 Å². The fourth-order valence-electron chi connectivity index (χ4n) is 3.30. The second kappa shape index (κ2) is 7.41. The van der Waals surface area contributed by atoms with Crippen LogP contribution in [0.15, 0.2) is 70.6 Å². The standard InChI is InChI=1S/C20H15F3N4O4S/c21-20(22,23)32(30,31)13-7-5-12(6-8-13)27-18(28)11-26(19(27)29)10-15-14-3-1-2-4-17(14)25-9-16(15)24/h1-9,11,28H,10,24H2. The summed E-state index contributed by atoms with van der Waals surface area (Å²) < 4.78 is 63.2. The minimum absolute atomic E-state index is 0.00516. The Kier molecular flexibility index (Phi) is 4.96. The summed E-state index contributed by atoms with van der Waals surface area (Å²) in [5.74, 6) is -0.488. The molecule has 4 aromatic rings. The van der Waals surface area contributed by atoms with Gasteiger partial charge in [0.25, 0.3) is 9.84 Å². The molecule has 2 heterocycles. The van der Waals surface area contributed by atoms with E-state index in [1.54, 1.807) is 24.3 Å². The summed E-state index contributed by atoms with van der Waals surface area (Å²) in [5, 5.41) is 11.0. The minimum atomic E-state index is -5.53. The number of pyridine rings is 1. The van der Waals surface area contributed by atoms with E-state index in [0.29, 0.717) is 22.2 Å². The summed E-state index contributed by atoms with van der Waals surface area (Å²) in [4.78, 5) is 16.1. The van der Waals surface area contributed by atoms with E-state index < -0.39 is 31.8 Å². The highest BCUT2D eigenvalue weighted by atomic mass is 32.2. The van der Waals surface area contributed by atoms with Crippen molar-refractivity contribution in [3.8, 4) is 11.6 Å². The molecule has 0 bridgehead atoms. The van der Waals surface area contributed by atoms with Gasteiger partial charge in [0.1, 0.15) is 0 Å². The van der Waals surface area contributed by atoms with Gasteiger partial charge in [0.2, 0.25) is 5.88 Å². The van der Waals surface area contributed by atoms with Crippen LogP contribution in [0.25, 0.3) is 16.6 Å². The van der Waals surface area contributed by atoms with Crippen LogP contribution in [0, 0.1) is 0 Å². The molecule has 8 nitrogen and oxygen atoms in total. The van der Waals surface area contributed by atoms with E-state index in [4.69, 9.17) is 5.73 Å². The Labute approximate surface area is 178 Å². The summed E-state index contributed by atoms with van der Waals surface area (Å²) in [5.41, 5.74) is 1.47. The number of halogens is 3. The van der Waals surface area contributed by atoms with Gasteiger partial charge in [-0.15, -0.1) is 0 Å². The lowest BCUT2D eigenvalue weighted by Crippen LogP contribution is -2.24. The highest BCUT2D eigenvalue weighted by molar-refractivity contribution is 7.92. The van der Waals surface area contributed by atoms with Gasteiger partial charge in [0, 0.05) is 10.9 Å². The van der Waals surface area contributed by atoms with Crippen LogP contribution in [0.1, 0.15) is 5.56 Å². The largest absolute Gasteiger partial charge is 0.501 e. The summed E-state index contributed by atoms with van der Waals surface area (Å²) >= 11 is 0. The van der Waals surface area contributed by atoms with E-state index in [9.17, 15) is 31.5 Å². The zero-order valence-corrected chi connectivity index (χ0v) is 16.9. The highest BCUT2D eigenvalue weighted by Gasteiger charge is 2.46. The van der Waals surface area contributed by atoms with Crippen molar-refractivity contribution in [2.75, 3.05) is 5.73 Å². The molecule has 0 fully saturated rings. The Bertz CT molecular complexity index is 1490. The maximum Gasteiger partial charge on any atom is 0.501 e. The molecule has 0 spiro atoms. The fraction of sp³-hybridized carbons (Fsp3) is 0.100. The molecule has 3 N–H and O–H groups in total. The predicted molar refractivity (Wildman–Crippen MR) is 110 cm³/mol. The molecular formula is C20H15F3N4O4S. The topological polar surface area (TPSA) is 120 Å². The maximum atomic E-state index is 12.9. The Hall–Kier alpha value is -3.80. The Balaban J connectivity index is 1.74. The summed E-state index contributed by atoms with van der Waals surface area (Å²) in [6.45, 7) is -0.00516. The van der Waals surface area contributed by atoms with E-state index in [1.807, 2.05) is 0 Å². The van der Waals surface area contributed by atoms with Crippen molar-refractivity contribution < 1.29 is 26.7 Å². The number of rotatable bonds is 4. The van der Waals surface area contributed by atoms with E-state index in [0.717, 1.165) is 35.0 Å². The zero-order valence-electron chi connectivity index (χ0n) is 16.1. The molecule has 0 saturated carbocycles. The molecule has 0 aliphatic rings. The van der Waals surface area contributed by atoms with Crippen LogP contribution in [0.3, 0.4) is 0 Å². The molecule has 0 radical (unpaired) electrons. The molecule has 0 aliphatic carbocycles. The molecule has 4 rings (SSSR count). The Morgan fingerprint density at radius 1 is 1.06 bits per heavy atom. The number of hydrogen-bond donors (Lipinski definition) is 2. The van der Waals surface area contributed by atoms with Crippen LogP contribution in [0.4, 0.5) is 18.9 Å². The van der Waals surface area contributed by atoms with Crippen LogP contribution in [-0.4, -0.2) is 33.2 Å². The molecule has 0 atom stereocenters. The second-order valence-electron chi connectivity index (χ2n) is 6.89. The quantitative estimate of drug-likeness (QED) is 0.479. The molecule has 0 aliphatic heterocycles. The number of benzene rings is 2. The van der Waals surface area contributed by atoms with Gasteiger partial charge in [-0.3, -0.25) is 9.55 Å². The van der Waals surface area contributed by atoms with Crippen molar-refractivity contribution in [1.82, 2.24) is 14.1 Å². The fourth-order valence-corrected chi connectivity index (χ4v) is 4.07. The van der Waals surface area contributed by atoms with Crippen LogP contribution >= 0.6 is 0 Å². The molecule has 32 heavy (non-hydrogen) atoms. The molecule has 12 heteroatoms. The van der Waals surface area contributed by atoms with Crippen molar-refractivity contribution in [3.63, 3.8) is 0 Å². The van der Waals surface area contributed by atoms with Gasteiger partial charge in [-0.25, -0.2) is 17.8 Å². The summed E-state index contributed by atoms with van der Waals surface area (Å²) in [6, 6.07) is 10.6. The number of sulfone groups is 1. The van der Waals surface area contributed by atoms with Crippen LogP contribution in [0.2, 0.25) is 0 Å². The number of anilines is 1. The normalized spacial score (nSPS) is 12.3. The van der Waals surface area contributed by atoms with Gasteiger partial charge in [0.15, 0.2) is 0 Å². The molecule has 2 aromatic heterocycles. The highest BCUT2D eigenvalue weighted by Crippen LogP contribution is 2.31. The van der Waals surface area contributed by atoms with Gasteiger partial charge in [-0.1, -0.05) is 18.2 Å². The molecule has 166 valence electrons. The smallest absolute Gasteiger partial charge is 0.493 e. The molecule has 0 amide bonds. The van der Waals surface area contributed by atoms with E-state index in [-0.39, 0.29) is 12.2 Å². The summed E-state index contributed by atoms with van der Waals surface area (Å²) in [7, 11) is -5.53. The average molecular weight is 464 g/mol. The number of alkyl halides is 3. The van der Waals surface area contributed by atoms with E-state index in [1.165, 1.54) is 10.8 Å². The van der Waals surface area contributed by atoms with Crippen molar-refractivity contribution in [3.05, 3.63) is 77.0 Å². The van der Waals surface area contributed by atoms with Crippen molar-refractivity contribution in [1.29, 1.82) is 0 Å². The van der Waals surface area contributed by atoms with Gasteiger partial charge >= 0.3 is 11.2 Å². The number of fused-ring (bicyclic) bond motifs is 1. The zero-order chi connectivity index (χ0) is 23.3. The van der Waals surface area contributed by atoms with Gasteiger partial charge in [0.05, 0.1) is 40.7 Å². The van der Waals surface area contributed by atoms with Crippen LogP contribution < -0.4 is 11.4 Å². The van der Waals surface area contributed by atoms with Gasteiger partial charge in [-0.2, -0.15) is 13.2 Å². The number of hydrogen-bond acceptors (Lipinski definition) is 6. The lowest BCUT2D eigenvalue weighted by molar-refractivity contribution is -0.0436. The number of nitrogens with zero attached hydrogens (tertiary/aromatic N) is 3. The molecule has 0 unspecified atom stereocenters. The lowest BCUT2D eigenvalue weighted by atomic mass is 10.1. The third kappa shape index (κ3) is 3.47. The SMILES string of the molecule is Nc1cnc2ccccc2c1Cn1cc(O)n(-c2ccc(S(=O)(=O)C(F)(F)F)cc2)c1=O. The number of aromatic hydroxyl groups is 1. The molecular weight excluding hydrogens is 449 g/mol. The second-order valence-corrected chi connectivity index (χ2v) is 8.83. The predicted octanol–water partition coefficient (Wildman–Crippen LogP) is 2.82. The van der Waals surface area contributed by atoms with Crippen molar-refractivity contribution >= 4 is 26.4 Å². The molecule has 0 saturated heterocycles. The van der Waals surface area contributed by atoms with Gasteiger partial charge in [-0.05, 0) is 30.3 Å². The molecule has 2 aromatic carbocycles. The lowest BCUT2D eigenvalue weighted by Gasteiger charge is -2.10. The number of nitrogen functional groups attached to an aromatic ring is 1. The average Bonchev–Trinajstić information content (AvgIpc) is 3.02. The maximum absolute atomic E-state index is 12.9. The van der Waals surface area contributed by atoms with Crippen molar-refractivity contribution in [2.45, 2.75) is 16.9 Å². The number of imidazole rings is 1. The van der Waals surface area contributed by atoms with Crippen LogP contribution in [-0.2, 0) is 16.4 Å². The minimum Gasteiger partial charge on any atom is -0.493 e.